The third-order valence-corrected chi connectivity index (χ3v) is 3.59. The van der Waals surface area contributed by atoms with Crippen LogP contribution in [0, 0.1) is 11.8 Å². The van der Waals surface area contributed by atoms with Crippen molar-refractivity contribution in [2.45, 2.75) is 51.6 Å². The van der Waals surface area contributed by atoms with Crippen molar-refractivity contribution < 1.29 is 5.11 Å². The molecule has 13 heavy (non-hydrogen) atoms. The van der Waals surface area contributed by atoms with E-state index in [1.807, 2.05) is 13.8 Å². The fourth-order valence-corrected chi connectivity index (χ4v) is 2.25. The Morgan fingerprint density at radius 1 is 1.46 bits per heavy atom. The standard InChI is InChI=1S/C11H23NO/c1-9(8-12)11(2,13)7-10-5-3-4-6-10/h9-10,13H,3-8,12H2,1-2H3. The molecule has 0 aromatic heterocycles. The van der Waals surface area contributed by atoms with E-state index >= 15 is 0 Å². The van der Waals surface area contributed by atoms with Gasteiger partial charge in [-0.25, -0.2) is 0 Å². The molecule has 0 heterocycles. The van der Waals surface area contributed by atoms with Gasteiger partial charge in [-0.2, -0.15) is 0 Å². The first kappa shape index (κ1) is 11.0. The lowest BCUT2D eigenvalue weighted by Gasteiger charge is -2.32. The molecule has 0 radical (unpaired) electrons. The van der Waals surface area contributed by atoms with Crippen molar-refractivity contribution in [2.24, 2.45) is 17.6 Å². The van der Waals surface area contributed by atoms with Gasteiger partial charge in [-0.15, -0.1) is 0 Å². The normalized spacial score (nSPS) is 25.8. The van der Waals surface area contributed by atoms with Gasteiger partial charge in [0.2, 0.25) is 0 Å². The summed E-state index contributed by atoms with van der Waals surface area (Å²) in [6.45, 7) is 4.55. The largest absolute Gasteiger partial charge is 0.390 e. The number of aliphatic hydroxyl groups is 1. The van der Waals surface area contributed by atoms with Crippen LogP contribution in [-0.4, -0.2) is 17.3 Å². The molecule has 1 rings (SSSR count). The van der Waals surface area contributed by atoms with Gasteiger partial charge >= 0.3 is 0 Å². The molecule has 78 valence electrons. The fraction of sp³-hybridized carbons (Fsp3) is 1.00. The number of hydrogen-bond acceptors (Lipinski definition) is 2. The zero-order valence-electron chi connectivity index (χ0n) is 8.92. The lowest BCUT2D eigenvalue weighted by atomic mass is 9.82. The van der Waals surface area contributed by atoms with E-state index in [2.05, 4.69) is 0 Å². The van der Waals surface area contributed by atoms with Gasteiger partial charge in [-0.05, 0) is 31.7 Å². The predicted molar refractivity (Wildman–Crippen MR) is 55.4 cm³/mol. The van der Waals surface area contributed by atoms with Gasteiger partial charge < -0.3 is 10.8 Å². The third kappa shape index (κ3) is 2.96. The van der Waals surface area contributed by atoms with Crippen molar-refractivity contribution in [1.82, 2.24) is 0 Å². The number of nitrogens with two attached hydrogens (primary N) is 1. The molecule has 1 fully saturated rings. The van der Waals surface area contributed by atoms with Crippen LogP contribution in [0.4, 0.5) is 0 Å². The Morgan fingerprint density at radius 3 is 2.46 bits per heavy atom. The highest BCUT2D eigenvalue weighted by molar-refractivity contribution is 4.84. The molecule has 3 N–H and O–H groups in total. The van der Waals surface area contributed by atoms with Crippen molar-refractivity contribution in [3.63, 3.8) is 0 Å². The van der Waals surface area contributed by atoms with E-state index in [1.54, 1.807) is 0 Å². The minimum Gasteiger partial charge on any atom is -0.390 e. The molecule has 1 aliphatic rings. The topological polar surface area (TPSA) is 46.2 Å². The summed E-state index contributed by atoms with van der Waals surface area (Å²) in [5, 5.41) is 10.2. The Labute approximate surface area is 81.5 Å². The summed E-state index contributed by atoms with van der Waals surface area (Å²) in [6, 6.07) is 0. The van der Waals surface area contributed by atoms with Crippen LogP contribution in [0.3, 0.4) is 0 Å². The predicted octanol–water partition coefficient (Wildman–Crippen LogP) is 1.91. The Bertz CT molecular complexity index is 150. The molecule has 0 spiro atoms. The van der Waals surface area contributed by atoms with Crippen LogP contribution in [0.1, 0.15) is 46.0 Å². The van der Waals surface area contributed by atoms with Gasteiger partial charge in [-0.1, -0.05) is 32.6 Å². The summed E-state index contributed by atoms with van der Waals surface area (Å²) >= 11 is 0. The summed E-state index contributed by atoms with van der Waals surface area (Å²) in [7, 11) is 0. The summed E-state index contributed by atoms with van der Waals surface area (Å²) < 4.78 is 0. The van der Waals surface area contributed by atoms with Crippen molar-refractivity contribution in [3.05, 3.63) is 0 Å². The molecule has 2 nitrogen and oxygen atoms in total. The molecule has 2 atom stereocenters. The van der Waals surface area contributed by atoms with Gasteiger partial charge in [0.25, 0.3) is 0 Å². The van der Waals surface area contributed by atoms with Crippen LogP contribution in [0.5, 0.6) is 0 Å². The second-order valence-corrected chi connectivity index (χ2v) is 4.85. The smallest absolute Gasteiger partial charge is 0.0659 e. The Hall–Kier alpha value is -0.0800. The van der Waals surface area contributed by atoms with E-state index in [-0.39, 0.29) is 5.92 Å². The van der Waals surface area contributed by atoms with Crippen LogP contribution >= 0.6 is 0 Å². The highest BCUT2D eigenvalue weighted by Gasteiger charge is 2.31. The maximum atomic E-state index is 10.2. The minimum absolute atomic E-state index is 0.216. The third-order valence-electron chi connectivity index (χ3n) is 3.59. The zero-order chi connectivity index (χ0) is 9.90. The highest BCUT2D eigenvalue weighted by Crippen LogP contribution is 2.34. The Kier molecular flexibility index (Phi) is 3.74. The van der Waals surface area contributed by atoms with Crippen molar-refractivity contribution >= 4 is 0 Å². The Morgan fingerprint density at radius 2 is 2.00 bits per heavy atom. The van der Waals surface area contributed by atoms with E-state index in [0.29, 0.717) is 6.54 Å². The van der Waals surface area contributed by atoms with E-state index < -0.39 is 5.60 Å². The molecule has 2 heteroatoms. The minimum atomic E-state index is -0.552. The van der Waals surface area contributed by atoms with Crippen LogP contribution in [0.2, 0.25) is 0 Å². The van der Waals surface area contributed by atoms with E-state index in [9.17, 15) is 5.11 Å². The van der Waals surface area contributed by atoms with Gasteiger partial charge in [0.1, 0.15) is 0 Å². The van der Waals surface area contributed by atoms with E-state index in [1.165, 1.54) is 25.7 Å². The molecule has 1 aliphatic carbocycles. The van der Waals surface area contributed by atoms with Crippen molar-refractivity contribution in [1.29, 1.82) is 0 Å². The monoisotopic (exact) mass is 185 g/mol. The van der Waals surface area contributed by atoms with Gasteiger partial charge in [-0.3, -0.25) is 0 Å². The maximum Gasteiger partial charge on any atom is 0.0659 e. The lowest BCUT2D eigenvalue weighted by molar-refractivity contribution is -0.0119. The molecule has 2 unspecified atom stereocenters. The SMILES string of the molecule is CC(CN)C(C)(O)CC1CCCC1. The molecule has 0 bridgehead atoms. The number of rotatable bonds is 4. The molecular formula is C11H23NO. The first-order valence-corrected chi connectivity index (χ1v) is 5.48. The van der Waals surface area contributed by atoms with Crippen LogP contribution in [0.15, 0.2) is 0 Å². The lowest BCUT2D eigenvalue weighted by Crippen LogP contribution is -2.38. The van der Waals surface area contributed by atoms with Gasteiger partial charge in [0.15, 0.2) is 0 Å². The second-order valence-electron chi connectivity index (χ2n) is 4.85. The molecule has 0 aromatic rings. The summed E-state index contributed by atoms with van der Waals surface area (Å²) in [6.07, 6.45) is 6.22. The van der Waals surface area contributed by atoms with Crippen molar-refractivity contribution in [2.75, 3.05) is 6.54 Å². The van der Waals surface area contributed by atoms with Crippen LogP contribution < -0.4 is 5.73 Å². The van der Waals surface area contributed by atoms with Gasteiger partial charge in [0.05, 0.1) is 5.60 Å². The highest BCUT2D eigenvalue weighted by atomic mass is 16.3. The fourth-order valence-electron chi connectivity index (χ4n) is 2.25. The quantitative estimate of drug-likeness (QED) is 0.703. The maximum absolute atomic E-state index is 10.2. The molecule has 0 amide bonds. The summed E-state index contributed by atoms with van der Waals surface area (Å²) in [5.41, 5.74) is 5.02. The van der Waals surface area contributed by atoms with E-state index in [0.717, 1.165) is 12.3 Å². The molecule has 0 aromatic carbocycles. The molecule has 1 saturated carbocycles. The second kappa shape index (κ2) is 4.43. The van der Waals surface area contributed by atoms with Crippen molar-refractivity contribution in [3.8, 4) is 0 Å². The first-order chi connectivity index (χ1) is 6.06. The molecular weight excluding hydrogens is 162 g/mol. The molecule has 0 saturated heterocycles. The molecule has 0 aliphatic heterocycles. The van der Waals surface area contributed by atoms with E-state index in [4.69, 9.17) is 5.73 Å². The summed E-state index contributed by atoms with van der Waals surface area (Å²) in [4.78, 5) is 0. The average molecular weight is 185 g/mol. The summed E-state index contributed by atoms with van der Waals surface area (Å²) in [5.74, 6) is 0.956. The van der Waals surface area contributed by atoms with Crippen LogP contribution in [-0.2, 0) is 0 Å². The van der Waals surface area contributed by atoms with Gasteiger partial charge in [0, 0.05) is 0 Å². The van der Waals surface area contributed by atoms with Crippen LogP contribution in [0.25, 0.3) is 0 Å². The zero-order valence-corrected chi connectivity index (χ0v) is 8.92. The first-order valence-electron chi connectivity index (χ1n) is 5.48. The Balaban J connectivity index is 2.40. The average Bonchev–Trinajstić information content (AvgIpc) is 2.54. The number of hydrogen-bond donors (Lipinski definition) is 2.